The van der Waals surface area contributed by atoms with E-state index in [1.165, 1.54) is 12.8 Å². The largest absolute Gasteiger partial charge is 0.316 e. The lowest BCUT2D eigenvalue weighted by molar-refractivity contribution is 0.373. The van der Waals surface area contributed by atoms with Gasteiger partial charge in [0.25, 0.3) is 0 Å². The third-order valence-corrected chi connectivity index (χ3v) is 3.86. The van der Waals surface area contributed by atoms with Crippen LogP contribution in [0.3, 0.4) is 0 Å². The molecule has 1 saturated heterocycles. The predicted molar refractivity (Wildman–Crippen MR) is 78.2 cm³/mol. The normalized spacial score (nSPS) is 19.1. The first-order chi connectivity index (χ1) is 9.85. The van der Waals surface area contributed by atoms with Crippen molar-refractivity contribution in [2.45, 2.75) is 32.7 Å². The second-order valence-electron chi connectivity index (χ2n) is 5.39. The van der Waals surface area contributed by atoms with Gasteiger partial charge in [-0.1, -0.05) is 0 Å². The van der Waals surface area contributed by atoms with Crippen LogP contribution in [-0.4, -0.2) is 32.8 Å². The summed E-state index contributed by atoms with van der Waals surface area (Å²) in [5, 5.41) is 7.71. The highest BCUT2D eigenvalue weighted by molar-refractivity contribution is 5.55. The van der Waals surface area contributed by atoms with Crippen molar-refractivity contribution in [1.82, 2.24) is 25.1 Å². The first kappa shape index (κ1) is 13.2. The van der Waals surface area contributed by atoms with Gasteiger partial charge in [-0.2, -0.15) is 5.10 Å². The Morgan fingerprint density at radius 3 is 2.90 bits per heavy atom. The van der Waals surface area contributed by atoms with Crippen molar-refractivity contribution < 1.29 is 0 Å². The Hall–Kier alpha value is -1.75. The zero-order chi connectivity index (χ0) is 13.8. The zero-order valence-electron chi connectivity index (χ0n) is 11.9. The molecule has 0 bridgehead atoms. The molecule has 0 aromatic carbocycles. The molecule has 5 heteroatoms. The molecule has 1 aliphatic rings. The average Bonchev–Trinajstić information content (AvgIpc) is 2.98. The SMILES string of the molecule is CCn1cc(-c2cnc(CC3CCCNC3)cn2)cn1. The first-order valence-corrected chi connectivity index (χ1v) is 7.39. The fraction of sp³-hybridized carbons (Fsp3) is 0.533. The van der Waals surface area contributed by atoms with E-state index in [-0.39, 0.29) is 0 Å². The zero-order valence-corrected chi connectivity index (χ0v) is 11.9. The molecule has 106 valence electrons. The molecule has 1 N–H and O–H groups in total. The molecule has 0 amide bonds. The van der Waals surface area contributed by atoms with Crippen LogP contribution in [0.1, 0.15) is 25.5 Å². The van der Waals surface area contributed by atoms with E-state index in [1.54, 1.807) is 0 Å². The maximum atomic E-state index is 4.56. The number of piperidine rings is 1. The lowest BCUT2D eigenvalue weighted by Crippen LogP contribution is -2.31. The van der Waals surface area contributed by atoms with E-state index in [4.69, 9.17) is 0 Å². The summed E-state index contributed by atoms with van der Waals surface area (Å²) in [6, 6.07) is 0. The molecule has 5 nitrogen and oxygen atoms in total. The summed E-state index contributed by atoms with van der Waals surface area (Å²) in [5.41, 5.74) is 3.02. The van der Waals surface area contributed by atoms with Gasteiger partial charge in [0.15, 0.2) is 0 Å². The van der Waals surface area contributed by atoms with Gasteiger partial charge in [-0.15, -0.1) is 0 Å². The van der Waals surface area contributed by atoms with Crippen molar-refractivity contribution >= 4 is 0 Å². The topological polar surface area (TPSA) is 55.6 Å². The third kappa shape index (κ3) is 3.04. The molecular weight excluding hydrogens is 250 g/mol. The fourth-order valence-electron chi connectivity index (χ4n) is 2.67. The number of hydrogen-bond donors (Lipinski definition) is 1. The second kappa shape index (κ2) is 6.13. The van der Waals surface area contributed by atoms with Crippen molar-refractivity contribution in [1.29, 1.82) is 0 Å². The summed E-state index contributed by atoms with van der Waals surface area (Å²) in [6.45, 7) is 5.21. The number of aromatic nitrogens is 4. The summed E-state index contributed by atoms with van der Waals surface area (Å²) >= 11 is 0. The molecular formula is C15H21N5. The highest BCUT2D eigenvalue weighted by Crippen LogP contribution is 2.17. The van der Waals surface area contributed by atoms with Gasteiger partial charge in [0, 0.05) is 24.5 Å². The standard InChI is InChI=1S/C15H21N5/c1-2-20-11-13(8-19-20)15-10-17-14(9-18-15)6-12-4-3-5-16-7-12/h8-12,16H,2-7H2,1H3. The van der Waals surface area contributed by atoms with Crippen molar-refractivity contribution in [2.24, 2.45) is 5.92 Å². The molecule has 3 rings (SSSR count). The van der Waals surface area contributed by atoms with E-state index in [1.807, 2.05) is 29.5 Å². The van der Waals surface area contributed by atoms with E-state index in [9.17, 15) is 0 Å². The summed E-state index contributed by atoms with van der Waals surface area (Å²) in [7, 11) is 0. The molecule has 2 aromatic heterocycles. The number of hydrogen-bond acceptors (Lipinski definition) is 4. The molecule has 20 heavy (non-hydrogen) atoms. The number of aryl methyl sites for hydroxylation is 1. The van der Waals surface area contributed by atoms with E-state index in [0.29, 0.717) is 5.92 Å². The monoisotopic (exact) mass is 271 g/mol. The Balaban J connectivity index is 1.67. The molecule has 2 aromatic rings. The smallest absolute Gasteiger partial charge is 0.0916 e. The maximum absolute atomic E-state index is 4.56. The van der Waals surface area contributed by atoms with E-state index in [2.05, 4.69) is 27.3 Å². The van der Waals surface area contributed by atoms with Gasteiger partial charge < -0.3 is 5.32 Å². The van der Waals surface area contributed by atoms with Gasteiger partial charge in [-0.25, -0.2) is 0 Å². The first-order valence-electron chi connectivity index (χ1n) is 7.39. The summed E-state index contributed by atoms with van der Waals surface area (Å²) < 4.78 is 1.90. The van der Waals surface area contributed by atoms with Crippen LogP contribution in [0.2, 0.25) is 0 Å². The minimum atomic E-state index is 0.701. The molecule has 3 heterocycles. The molecule has 1 fully saturated rings. The Morgan fingerprint density at radius 2 is 2.25 bits per heavy atom. The number of nitrogens with one attached hydrogen (secondary N) is 1. The van der Waals surface area contributed by atoms with Crippen molar-refractivity contribution in [2.75, 3.05) is 13.1 Å². The third-order valence-electron chi connectivity index (χ3n) is 3.86. The van der Waals surface area contributed by atoms with E-state index >= 15 is 0 Å². The molecule has 1 aliphatic heterocycles. The summed E-state index contributed by atoms with van der Waals surface area (Å²) in [4.78, 5) is 9.08. The van der Waals surface area contributed by atoms with Gasteiger partial charge in [0.1, 0.15) is 0 Å². The highest BCUT2D eigenvalue weighted by atomic mass is 15.3. The minimum absolute atomic E-state index is 0.701. The molecule has 0 saturated carbocycles. The Labute approximate surface area is 119 Å². The summed E-state index contributed by atoms with van der Waals surface area (Å²) in [5.74, 6) is 0.701. The lowest BCUT2D eigenvalue weighted by Gasteiger charge is -2.22. The van der Waals surface area contributed by atoms with Crippen LogP contribution in [0.4, 0.5) is 0 Å². The average molecular weight is 271 g/mol. The van der Waals surface area contributed by atoms with Crippen LogP contribution >= 0.6 is 0 Å². The van der Waals surface area contributed by atoms with Gasteiger partial charge >= 0.3 is 0 Å². The molecule has 0 radical (unpaired) electrons. The van der Waals surface area contributed by atoms with Crippen molar-refractivity contribution in [3.63, 3.8) is 0 Å². The van der Waals surface area contributed by atoms with Gasteiger partial charge in [-0.05, 0) is 45.2 Å². The van der Waals surface area contributed by atoms with Crippen LogP contribution in [0.15, 0.2) is 24.8 Å². The summed E-state index contributed by atoms with van der Waals surface area (Å²) in [6.07, 6.45) is 11.2. The quantitative estimate of drug-likeness (QED) is 0.923. The highest BCUT2D eigenvalue weighted by Gasteiger charge is 2.14. The number of nitrogens with zero attached hydrogens (tertiary/aromatic N) is 4. The maximum Gasteiger partial charge on any atom is 0.0916 e. The van der Waals surface area contributed by atoms with Crippen LogP contribution < -0.4 is 5.32 Å². The molecule has 1 unspecified atom stereocenters. The van der Waals surface area contributed by atoms with E-state index in [0.717, 1.165) is 43.0 Å². The van der Waals surface area contributed by atoms with Crippen LogP contribution in [0, 0.1) is 5.92 Å². The Bertz CT molecular complexity index is 540. The van der Waals surface area contributed by atoms with Crippen molar-refractivity contribution in [3.05, 3.63) is 30.5 Å². The van der Waals surface area contributed by atoms with Gasteiger partial charge in [0.2, 0.25) is 0 Å². The van der Waals surface area contributed by atoms with Crippen LogP contribution in [0.25, 0.3) is 11.3 Å². The van der Waals surface area contributed by atoms with Gasteiger partial charge in [0.05, 0.1) is 23.8 Å². The Morgan fingerprint density at radius 1 is 1.30 bits per heavy atom. The van der Waals surface area contributed by atoms with Gasteiger partial charge in [-0.3, -0.25) is 14.6 Å². The van der Waals surface area contributed by atoms with Crippen molar-refractivity contribution in [3.8, 4) is 11.3 Å². The minimum Gasteiger partial charge on any atom is -0.316 e. The predicted octanol–water partition coefficient (Wildman–Crippen LogP) is 1.90. The van der Waals surface area contributed by atoms with E-state index < -0.39 is 0 Å². The van der Waals surface area contributed by atoms with Crippen LogP contribution in [0.5, 0.6) is 0 Å². The number of rotatable bonds is 4. The molecule has 1 atom stereocenters. The lowest BCUT2D eigenvalue weighted by atomic mass is 9.95. The Kier molecular flexibility index (Phi) is 4.06. The molecule has 0 aliphatic carbocycles. The van der Waals surface area contributed by atoms with Crippen LogP contribution in [-0.2, 0) is 13.0 Å². The second-order valence-corrected chi connectivity index (χ2v) is 5.39. The molecule has 0 spiro atoms. The fourth-order valence-corrected chi connectivity index (χ4v) is 2.67.